The van der Waals surface area contributed by atoms with Gasteiger partial charge in [0.05, 0.1) is 6.61 Å². The van der Waals surface area contributed by atoms with Gasteiger partial charge < -0.3 is 15.4 Å². The molecule has 5 nitrogen and oxygen atoms in total. The summed E-state index contributed by atoms with van der Waals surface area (Å²) < 4.78 is 4.89. The number of anilines is 1. The summed E-state index contributed by atoms with van der Waals surface area (Å²) in [5.41, 5.74) is 2.73. The molecule has 122 valence electrons. The molecule has 0 fully saturated rings. The highest BCUT2D eigenvalue weighted by Gasteiger charge is 2.36. The highest BCUT2D eigenvalue weighted by atomic mass is 16.5. The molecular formula is C17H26N2O3. The Hall–Kier alpha value is -1.88. The van der Waals surface area contributed by atoms with Crippen molar-refractivity contribution in [3.8, 4) is 0 Å². The average molecular weight is 306 g/mol. The van der Waals surface area contributed by atoms with E-state index in [0.29, 0.717) is 13.2 Å². The summed E-state index contributed by atoms with van der Waals surface area (Å²) in [5, 5.41) is 5.59. The number of carbonyl (C=O) groups excluding carboxylic acids is 2. The van der Waals surface area contributed by atoms with Crippen LogP contribution in [0.25, 0.3) is 0 Å². The Morgan fingerprint density at radius 1 is 1.09 bits per heavy atom. The minimum absolute atomic E-state index is 0.315. The van der Waals surface area contributed by atoms with Gasteiger partial charge in [0, 0.05) is 19.3 Å². The molecule has 2 amide bonds. The fourth-order valence-corrected chi connectivity index (χ4v) is 2.24. The van der Waals surface area contributed by atoms with E-state index in [0.717, 1.165) is 22.4 Å². The number of amides is 2. The second kappa shape index (κ2) is 7.40. The summed E-state index contributed by atoms with van der Waals surface area (Å²) in [7, 11) is 1.56. The van der Waals surface area contributed by atoms with Crippen molar-refractivity contribution in [2.75, 3.05) is 25.6 Å². The summed E-state index contributed by atoms with van der Waals surface area (Å²) in [5.74, 6) is -0.637. The van der Waals surface area contributed by atoms with Crippen LogP contribution in [0.4, 0.5) is 5.69 Å². The van der Waals surface area contributed by atoms with Crippen molar-refractivity contribution in [3.05, 3.63) is 28.8 Å². The lowest BCUT2D eigenvalue weighted by atomic mass is 9.90. The predicted molar refractivity (Wildman–Crippen MR) is 87.9 cm³/mol. The van der Waals surface area contributed by atoms with Crippen molar-refractivity contribution in [1.82, 2.24) is 5.32 Å². The van der Waals surface area contributed by atoms with Crippen LogP contribution in [0, 0.1) is 26.2 Å². The van der Waals surface area contributed by atoms with E-state index in [9.17, 15) is 9.59 Å². The van der Waals surface area contributed by atoms with Crippen LogP contribution in [0.1, 0.15) is 30.5 Å². The van der Waals surface area contributed by atoms with E-state index in [4.69, 9.17) is 4.74 Å². The number of benzene rings is 1. The molecular weight excluding hydrogens is 280 g/mol. The van der Waals surface area contributed by atoms with Gasteiger partial charge in [-0.15, -0.1) is 0 Å². The SMILES string of the molecule is COCCNC(=O)C(C)(C)C(=O)Nc1c(C)cc(C)cc1C. The first-order chi connectivity index (χ1) is 10.2. The van der Waals surface area contributed by atoms with E-state index in [1.54, 1.807) is 21.0 Å². The molecule has 0 radical (unpaired) electrons. The molecule has 2 N–H and O–H groups in total. The Labute approximate surface area is 132 Å². The number of methoxy groups -OCH3 is 1. The molecule has 0 bridgehead atoms. The maximum Gasteiger partial charge on any atom is 0.239 e. The lowest BCUT2D eigenvalue weighted by Crippen LogP contribution is -2.46. The third kappa shape index (κ3) is 4.31. The van der Waals surface area contributed by atoms with Gasteiger partial charge in [-0.05, 0) is 45.7 Å². The van der Waals surface area contributed by atoms with Crippen LogP contribution in [-0.4, -0.2) is 32.1 Å². The highest BCUT2D eigenvalue weighted by Crippen LogP contribution is 2.25. The first-order valence-corrected chi connectivity index (χ1v) is 7.36. The normalized spacial score (nSPS) is 11.2. The lowest BCUT2D eigenvalue weighted by Gasteiger charge is -2.24. The molecule has 1 aromatic carbocycles. The Bertz CT molecular complexity index is 542. The first-order valence-electron chi connectivity index (χ1n) is 7.36. The first kappa shape index (κ1) is 18.2. The van der Waals surface area contributed by atoms with Crippen LogP contribution in [0.2, 0.25) is 0 Å². The zero-order chi connectivity index (χ0) is 16.9. The summed E-state index contributed by atoms with van der Waals surface area (Å²) in [6, 6.07) is 4.02. The van der Waals surface area contributed by atoms with E-state index in [1.807, 2.05) is 32.9 Å². The van der Waals surface area contributed by atoms with E-state index in [1.165, 1.54) is 0 Å². The fourth-order valence-electron chi connectivity index (χ4n) is 2.24. The van der Waals surface area contributed by atoms with Gasteiger partial charge in [-0.25, -0.2) is 0 Å². The van der Waals surface area contributed by atoms with Gasteiger partial charge in [-0.2, -0.15) is 0 Å². The Morgan fingerprint density at radius 3 is 2.14 bits per heavy atom. The molecule has 0 saturated heterocycles. The topological polar surface area (TPSA) is 67.4 Å². The van der Waals surface area contributed by atoms with Crippen LogP contribution in [0.15, 0.2) is 12.1 Å². The van der Waals surface area contributed by atoms with Gasteiger partial charge in [-0.3, -0.25) is 9.59 Å². The second-order valence-corrected chi connectivity index (χ2v) is 6.10. The molecule has 0 aliphatic heterocycles. The summed E-state index contributed by atoms with van der Waals surface area (Å²) in [6.07, 6.45) is 0. The molecule has 0 atom stereocenters. The van der Waals surface area contributed by atoms with Crippen molar-refractivity contribution in [2.45, 2.75) is 34.6 Å². The molecule has 0 aliphatic carbocycles. The molecule has 0 spiro atoms. The number of carbonyl (C=O) groups is 2. The highest BCUT2D eigenvalue weighted by molar-refractivity contribution is 6.10. The Morgan fingerprint density at radius 2 is 1.64 bits per heavy atom. The quantitative estimate of drug-likeness (QED) is 0.626. The van der Waals surface area contributed by atoms with Crippen molar-refractivity contribution >= 4 is 17.5 Å². The molecule has 0 heterocycles. The summed E-state index contributed by atoms with van der Waals surface area (Å²) in [4.78, 5) is 24.7. The van der Waals surface area contributed by atoms with Crippen LogP contribution in [-0.2, 0) is 14.3 Å². The lowest BCUT2D eigenvalue weighted by molar-refractivity contribution is -0.138. The zero-order valence-corrected chi connectivity index (χ0v) is 14.3. The van der Waals surface area contributed by atoms with Crippen molar-refractivity contribution in [3.63, 3.8) is 0 Å². The molecule has 1 rings (SSSR count). The number of rotatable bonds is 6. The fraction of sp³-hybridized carbons (Fsp3) is 0.529. The predicted octanol–water partition coefficient (Wildman–Crippen LogP) is 2.34. The minimum Gasteiger partial charge on any atom is -0.383 e. The van der Waals surface area contributed by atoms with E-state index in [-0.39, 0.29) is 11.8 Å². The number of hydrogen-bond donors (Lipinski definition) is 2. The average Bonchev–Trinajstić information content (AvgIpc) is 2.42. The van der Waals surface area contributed by atoms with Crippen molar-refractivity contribution < 1.29 is 14.3 Å². The summed E-state index contributed by atoms with van der Waals surface area (Å²) >= 11 is 0. The van der Waals surface area contributed by atoms with Gasteiger partial charge >= 0.3 is 0 Å². The number of hydrogen-bond acceptors (Lipinski definition) is 3. The number of nitrogens with one attached hydrogen (secondary N) is 2. The maximum atomic E-state index is 12.5. The molecule has 5 heteroatoms. The van der Waals surface area contributed by atoms with E-state index in [2.05, 4.69) is 10.6 Å². The van der Waals surface area contributed by atoms with Crippen molar-refractivity contribution in [1.29, 1.82) is 0 Å². The van der Waals surface area contributed by atoms with Gasteiger partial charge in [0.25, 0.3) is 0 Å². The molecule has 0 unspecified atom stereocenters. The van der Waals surface area contributed by atoms with Crippen LogP contribution in [0.3, 0.4) is 0 Å². The van der Waals surface area contributed by atoms with Crippen LogP contribution >= 0.6 is 0 Å². The molecule has 22 heavy (non-hydrogen) atoms. The van der Waals surface area contributed by atoms with E-state index >= 15 is 0 Å². The molecule has 0 saturated carbocycles. The monoisotopic (exact) mass is 306 g/mol. The van der Waals surface area contributed by atoms with Crippen molar-refractivity contribution in [2.24, 2.45) is 5.41 Å². The Kier molecular flexibility index (Phi) is 6.11. The van der Waals surface area contributed by atoms with Gasteiger partial charge in [0.15, 0.2) is 0 Å². The van der Waals surface area contributed by atoms with Gasteiger partial charge in [-0.1, -0.05) is 17.7 Å². The minimum atomic E-state index is -1.16. The van der Waals surface area contributed by atoms with E-state index < -0.39 is 5.41 Å². The third-order valence-electron chi connectivity index (χ3n) is 3.64. The Balaban J connectivity index is 2.85. The standard InChI is InChI=1S/C17H26N2O3/c1-11-9-12(2)14(13(3)10-11)19-16(21)17(4,5)15(20)18-7-8-22-6/h9-10H,7-8H2,1-6H3,(H,18,20)(H,19,21). The third-order valence-corrected chi connectivity index (χ3v) is 3.64. The number of ether oxygens (including phenoxy) is 1. The maximum absolute atomic E-state index is 12.5. The van der Waals surface area contributed by atoms with Crippen LogP contribution < -0.4 is 10.6 Å². The number of aryl methyl sites for hydroxylation is 3. The van der Waals surface area contributed by atoms with Gasteiger partial charge in [0.2, 0.25) is 11.8 Å². The van der Waals surface area contributed by atoms with Gasteiger partial charge in [0.1, 0.15) is 5.41 Å². The van der Waals surface area contributed by atoms with Crippen LogP contribution in [0.5, 0.6) is 0 Å². The molecule has 0 aliphatic rings. The molecule has 1 aromatic rings. The molecule has 0 aromatic heterocycles. The summed E-state index contributed by atoms with van der Waals surface area (Å²) in [6.45, 7) is 9.93. The smallest absolute Gasteiger partial charge is 0.239 e. The zero-order valence-electron chi connectivity index (χ0n) is 14.3. The largest absolute Gasteiger partial charge is 0.383 e. The second-order valence-electron chi connectivity index (χ2n) is 6.10.